The molecule has 0 fully saturated rings. The number of nitrogens with zero attached hydrogens (tertiary/aromatic N) is 1. The van der Waals surface area contributed by atoms with Gasteiger partial charge < -0.3 is 5.32 Å². The van der Waals surface area contributed by atoms with Gasteiger partial charge in [-0.3, -0.25) is 14.5 Å². The van der Waals surface area contributed by atoms with Gasteiger partial charge in [0, 0.05) is 24.6 Å². The highest BCUT2D eigenvalue weighted by Gasteiger charge is 2.39. The van der Waals surface area contributed by atoms with Crippen molar-refractivity contribution in [2.45, 2.75) is 46.1 Å². The van der Waals surface area contributed by atoms with Gasteiger partial charge >= 0.3 is 0 Å². The summed E-state index contributed by atoms with van der Waals surface area (Å²) >= 11 is 0. The summed E-state index contributed by atoms with van der Waals surface area (Å²) < 4.78 is 0. The Kier molecular flexibility index (Phi) is 4.99. The summed E-state index contributed by atoms with van der Waals surface area (Å²) in [6.45, 7) is 6.52. The van der Waals surface area contributed by atoms with Crippen molar-refractivity contribution in [2.75, 3.05) is 11.4 Å². The van der Waals surface area contributed by atoms with Crippen LogP contribution in [0.3, 0.4) is 0 Å². The fourth-order valence-corrected chi connectivity index (χ4v) is 2.99. The van der Waals surface area contributed by atoms with Crippen LogP contribution in [0.5, 0.6) is 0 Å². The van der Waals surface area contributed by atoms with E-state index >= 15 is 0 Å². The summed E-state index contributed by atoms with van der Waals surface area (Å²) in [7, 11) is 0. The third-order valence-electron chi connectivity index (χ3n) is 4.20. The van der Waals surface area contributed by atoms with Crippen LogP contribution in [-0.2, 0) is 16.0 Å². The highest BCUT2D eigenvalue weighted by atomic mass is 16.2. The van der Waals surface area contributed by atoms with Crippen LogP contribution >= 0.6 is 0 Å². The zero-order valence-electron chi connectivity index (χ0n) is 13.1. The van der Waals surface area contributed by atoms with Crippen molar-refractivity contribution >= 4 is 17.5 Å². The zero-order valence-corrected chi connectivity index (χ0v) is 13.1. The summed E-state index contributed by atoms with van der Waals surface area (Å²) in [6.07, 6.45) is 2.21. The van der Waals surface area contributed by atoms with E-state index in [0.717, 1.165) is 24.1 Å². The van der Waals surface area contributed by atoms with Crippen molar-refractivity contribution in [3.05, 3.63) is 29.8 Å². The highest BCUT2D eigenvalue weighted by molar-refractivity contribution is 6.04. The van der Waals surface area contributed by atoms with Gasteiger partial charge in [-0.15, -0.1) is 0 Å². The van der Waals surface area contributed by atoms with Crippen LogP contribution in [0.4, 0.5) is 5.69 Å². The van der Waals surface area contributed by atoms with Gasteiger partial charge in [0.25, 0.3) is 0 Å². The third kappa shape index (κ3) is 2.94. The summed E-state index contributed by atoms with van der Waals surface area (Å²) in [4.78, 5) is 26.9. The molecule has 1 aromatic carbocycles. The van der Waals surface area contributed by atoms with E-state index in [1.807, 2.05) is 45.0 Å². The van der Waals surface area contributed by atoms with Crippen molar-refractivity contribution < 1.29 is 9.59 Å². The Morgan fingerprint density at radius 3 is 2.52 bits per heavy atom. The molecule has 1 N–H and O–H groups in total. The Morgan fingerprint density at radius 2 is 1.90 bits per heavy atom. The van der Waals surface area contributed by atoms with E-state index in [9.17, 15) is 9.59 Å². The number of para-hydroxylation sites is 1. The second kappa shape index (κ2) is 6.74. The second-order valence-corrected chi connectivity index (χ2v) is 5.46. The number of hydrogen-bond acceptors (Lipinski definition) is 2. The SMILES string of the molecule is CCNC(=O)C1Cc2ccccc2N1C(=O)C(CC)CC. The summed E-state index contributed by atoms with van der Waals surface area (Å²) in [5.74, 6) is -0.0118. The molecule has 0 saturated heterocycles. The Labute approximate surface area is 126 Å². The summed E-state index contributed by atoms with van der Waals surface area (Å²) in [6, 6.07) is 7.41. The number of rotatable bonds is 5. The normalized spacial score (nSPS) is 17.0. The van der Waals surface area contributed by atoms with Crippen LogP contribution in [0.1, 0.15) is 39.2 Å². The maximum absolute atomic E-state index is 12.8. The molecule has 4 nitrogen and oxygen atoms in total. The fraction of sp³-hybridized carbons (Fsp3) is 0.529. The predicted octanol–water partition coefficient (Wildman–Crippen LogP) is 2.52. The standard InChI is InChI=1S/C17H24N2O2/c1-4-12(5-2)17(21)19-14-10-8-7-9-13(14)11-15(19)16(20)18-6-3/h7-10,12,15H,4-6,11H2,1-3H3,(H,18,20). The first-order valence-electron chi connectivity index (χ1n) is 7.82. The van der Waals surface area contributed by atoms with E-state index in [-0.39, 0.29) is 17.7 Å². The molecule has 0 bridgehead atoms. The minimum atomic E-state index is -0.407. The van der Waals surface area contributed by atoms with Crippen LogP contribution in [0.25, 0.3) is 0 Å². The fourth-order valence-electron chi connectivity index (χ4n) is 2.99. The smallest absolute Gasteiger partial charge is 0.243 e. The van der Waals surface area contributed by atoms with Crippen LogP contribution < -0.4 is 10.2 Å². The molecule has 0 aliphatic carbocycles. The number of amides is 2. The lowest BCUT2D eigenvalue weighted by atomic mass is 10.0. The van der Waals surface area contributed by atoms with Crippen molar-refractivity contribution in [1.82, 2.24) is 5.32 Å². The number of hydrogen-bond donors (Lipinski definition) is 1. The van der Waals surface area contributed by atoms with Crippen molar-refractivity contribution in [3.8, 4) is 0 Å². The van der Waals surface area contributed by atoms with Crippen LogP contribution in [-0.4, -0.2) is 24.4 Å². The molecule has 2 rings (SSSR count). The van der Waals surface area contributed by atoms with Gasteiger partial charge in [0.05, 0.1) is 0 Å². The molecule has 4 heteroatoms. The Morgan fingerprint density at radius 1 is 1.24 bits per heavy atom. The quantitative estimate of drug-likeness (QED) is 0.905. The van der Waals surface area contributed by atoms with Crippen molar-refractivity contribution in [1.29, 1.82) is 0 Å². The van der Waals surface area contributed by atoms with E-state index in [2.05, 4.69) is 5.32 Å². The van der Waals surface area contributed by atoms with E-state index in [1.54, 1.807) is 4.90 Å². The number of fused-ring (bicyclic) bond motifs is 1. The van der Waals surface area contributed by atoms with Gasteiger partial charge in [0.2, 0.25) is 11.8 Å². The second-order valence-electron chi connectivity index (χ2n) is 5.46. The summed E-state index contributed by atoms with van der Waals surface area (Å²) in [5.41, 5.74) is 1.97. The average Bonchev–Trinajstić information content (AvgIpc) is 2.88. The molecule has 0 radical (unpaired) electrons. The first-order chi connectivity index (χ1) is 10.1. The molecule has 1 atom stereocenters. The van der Waals surface area contributed by atoms with Gasteiger partial charge in [-0.05, 0) is 31.4 Å². The number of benzene rings is 1. The number of carbonyl (C=O) groups is 2. The lowest BCUT2D eigenvalue weighted by molar-refractivity contribution is -0.128. The maximum Gasteiger partial charge on any atom is 0.243 e. The monoisotopic (exact) mass is 288 g/mol. The Bertz CT molecular complexity index is 523. The molecule has 21 heavy (non-hydrogen) atoms. The molecule has 1 aromatic rings. The van der Waals surface area contributed by atoms with Crippen LogP contribution in [0.15, 0.2) is 24.3 Å². The van der Waals surface area contributed by atoms with Crippen LogP contribution in [0.2, 0.25) is 0 Å². The lowest BCUT2D eigenvalue weighted by Gasteiger charge is -2.28. The van der Waals surface area contributed by atoms with Gasteiger partial charge in [-0.25, -0.2) is 0 Å². The zero-order chi connectivity index (χ0) is 15.4. The Hall–Kier alpha value is -1.84. The summed E-state index contributed by atoms with van der Waals surface area (Å²) in [5, 5.41) is 2.85. The lowest BCUT2D eigenvalue weighted by Crippen LogP contribution is -2.49. The molecule has 0 saturated carbocycles. The number of carbonyl (C=O) groups excluding carboxylic acids is 2. The molecule has 2 amide bonds. The highest BCUT2D eigenvalue weighted by Crippen LogP contribution is 2.34. The minimum Gasteiger partial charge on any atom is -0.355 e. The third-order valence-corrected chi connectivity index (χ3v) is 4.20. The van der Waals surface area contributed by atoms with Gasteiger partial charge in [0.15, 0.2) is 0 Å². The Balaban J connectivity index is 2.35. The number of nitrogens with one attached hydrogen (secondary N) is 1. The van der Waals surface area contributed by atoms with Gasteiger partial charge in [-0.2, -0.15) is 0 Å². The minimum absolute atomic E-state index is 0.0203. The predicted molar refractivity (Wildman–Crippen MR) is 84.2 cm³/mol. The van der Waals surface area contributed by atoms with E-state index in [1.165, 1.54) is 0 Å². The van der Waals surface area contributed by atoms with E-state index in [0.29, 0.717) is 13.0 Å². The molecule has 1 aliphatic rings. The topological polar surface area (TPSA) is 49.4 Å². The molecule has 1 aliphatic heterocycles. The molecule has 0 spiro atoms. The molecule has 1 unspecified atom stereocenters. The largest absolute Gasteiger partial charge is 0.355 e. The maximum atomic E-state index is 12.8. The molecular formula is C17H24N2O2. The van der Waals surface area contributed by atoms with Gasteiger partial charge in [0.1, 0.15) is 6.04 Å². The first kappa shape index (κ1) is 15.5. The van der Waals surface area contributed by atoms with E-state index in [4.69, 9.17) is 0 Å². The molecular weight excluding hydrogens is 264 g/mol. The van der Waals surface area contributed by atoms with E-state index < -0.39 is 6.04 Å². The number of anilines is 1. The van der Waals surface area contributed by atoms with Crippen molar-refractivity contribution in [2.24, 2.45) is 5.92 Å². The molecule has 1 heterocycles. The van der Waals surface area contributed by atoms with Crippen LogP contribution in [0, 0.1) is 5.92 Å². The average molecular weight is 288 g/mol. The van der Waals surface area contributed by atoms with Crippen molar-refractivity contribution in [3.63, 3.8) is 0 Å². The van der Waals surface area contributed by atoms with Gasteiger partial charge in [-0.1, -0.05) is 32.0 Å². The number of likely N-dealkylation sites (N-methyl/N-ethyl adjacent to an activating group) is 1. The molecule has 0 aromatic heterocycles. The first-order valence-corrected chi connectivity index (χ1v) is 7.82. The molecule has 114 valence electrons.